The highest BCUT2D eigenvalue weighted by atomic mass is 19.3. The standard InChI is InChI=1S/C16H19F2N3O2/c1-15(5-2-6-16(17,18)11-15)14-20-13(23-21-14)10-22-9-12-3-7-19-8-4-12/h3-4,7-8H,2,5-6,9-11H2,1H3. The summed E-state index contributed by atoms with van der Waals surface area (Å²) >= 11 is 0. The molecule has 124 valence electrons. The van der Waals surface area contributed by atoms with Crippen molar-refractivity contribution < 1.29 is 18.0 Å². The van der Waals surface area contributed by atoms with E-state index < -0.39 is 11.3 Å². The van der Waals surface area contributed by atoms with E-state index in [2.05, 4.69) is 15.1 Å². The molecule has 5 nitrogen and oxygen atoms in total. The molecule has 0 amide bonds. The van der Waals surface area contributed by atoms with Crippen LogP contribution < -0.4 is 0 Å². The maximum absolute atomic E-state index is 13.7. The molecule has 1 atom stereocenters. The van der Waals surface area contributed by atoms with Crippen molar-refractivity contribution in [2.45, 2.75) is 57.2 Å². The van der Waals surface area contributed by atoms with Gasteiger partial charge in [-0.25, -0.2) is 8.78 Å². The molecule has 0 radical (unpaired) electrons. The van der Waals surface area contributed by atoms with Crippen LogP contribution in [0.1, 0.15) is 49.9 Å². The van der Waals surface area contributed by atoms with Gasteiger partial charge in [-0.05, 0) is 30.5 Å². The molecule has 2 aromatic rings. The largest absolute Gasteiger partial charge is 0.367 e. The molecule has 1 unspecified atom stereocenters. The van der Waals surface area contributed by atoms with Crippen LogP contribution in [0, 0.1) is 0 Å². The van der Waals surface area contributed by atoms with Gasteiger partial charge >= 0.3 is 0 Å². The molecule has 0 saturated heterocycles. The predicted molar refractivity (Wildman–Crippen MR) is 77.8 cm³/mol. The number of pyridine rings is 1. The summed E-state index contributed by atoms with van der Waals surface area (Å²) in [6.07, 6.45) is 4.17. The van der Waals surface area contributed by atoms with Crippen LogP contribution in [0.15, 0.2) is 29.0 Å². The number of nitrogens with zero attached hydrogens (tertiary/aromatic N) is 3. The third-order valence-electron chi connectivity index (χ3n) is 4.17. The van der Waals surface area contributed by atoms with Gasteiger partial charge in [0.1, 0.15) is 6.61 Å². The number of alkyl halides is 2. The van der Waals surface area contributed by atoms with Gasteiger partial charge in [-0.3, -0.25) is 4.98 Å². The van der Waals surface area contributed by atoms with Gasteiger partial charge in [-0.1, -0.05) is 12.1 Å². The predicted octanol–water partition coefficient (Wildman–Crippen LogP) is 3.65. The molecular formula is C16H19F2N3O2. The Labute approximate surface area is 133 Å². The molecule has 1 saturated carbocycles. The molecular weight excluding hydrogens is 304 g/mol. The van der Waals surface area contributed by atoms with Gasteiger partial charge < -0.3 is 9.26 Å². The minimum Gasteiger partial charge on any atom is -0.367 e. The van der Waals surface area contributed by atoms with Crippen LogP contribution in [-0.4, -0.2) is 21.0 Å². The van der Waals surface area contributed by atoms with Crippen molar-refractivity contribution in [3.8, 4) is 0 Å². The molecule has 2 heterocycles. The van der Waals surface area contributed by atoms with E-state index in [4.69, 9.17) is 9.26 Å². The highest BCUT2D eigenvalue weighted by Gasteiger charge is 2.46. The van der Waals surface area contributed by atoms with Crippen molar-refractivity contribution in [2.75, 3.05) is 0 Å². The molecule has 1 aliphatic rings. The van der Waals surface area contributed by atoms with Gasteiger partial charge in [0.05, 0.1) is 6.61 Å². The van der Waals surface area contributed by atoms with Crippen LogP contribution in [-0.2, 0) is 23.4 Å². The van der Waals surface area contributed by atoms with Crippen molar-refractivity contribution in [3.63, 3.8) is 0 Å². The zero-order valence-electron chi connectivity index (χ0n) is 13.0. The molecule has 23 heavy (non-hydrogen) atoms. The molecule has 7 heteroatoms. The fourth-order valence-corrected chi connectivity index (χ4v) is 2.97. The average Bonchev–Trinajstić information content (AvgIpc) is 2.97. The Morgan fingerprint density at radius 1 is 1.22 bits per heavy atom. The summed E-state index contributed by atoms with van der Waals surface area (Å²) in [5.41, 5.74) is 0.243. The van der Waals surface area contributed by atoms with Gasteiger partial charge in [0.25, 0.3) is 5.89 Å². The second-order valence-corrected chi connectivity index (χ2v) is 6.31. The van der Waals surface area contributed by atoms with E-state index >= 15 is 0 Å². The Bertz CT molecular complexity index is 648. The van der Waals surface area contributed by atoms with Crippen molar-refractivity contribution in [1.29, 1.82) is 0 Å². The van der Waals surface area contributed by atoms with E-state index in [9.17, 15) is 8.78 Å². The molecule has 2 aromatic heterocycles. The zero-order chi connectivity index (χ0) is 16.3. The maximum Gasteiger partial charge on any atom is 0.252 e. The zero-order valence-corrected chi connectivity index (χ0v) is 13.0. The van der Waals surface area contributed by atoms with Crippen molar-refractivity contribution in [3.05, 3.63) is 41.8 Å². The summed E-state index contributed by atoms with van der Waals surface area (Å²) in [6.45, 7) is 2.32. The number of halogens is 2. The summed E-state index contributed by atoms with van der Waals surface area (Å²) in [5, 5.41) is 3.89. The van der Waals surface area contributed by atoms with Gasteiger partial charge in [0, 0.05) is 30.7 Å². The first-order valence-electron chi connectivity index (χ1n) is 7.64. The van der Waals surface area contributed by atoms with Crippen molar-refractivity contribution in [2.24, 2.45) is 0 Å². The van der Waals surface area contributed by atoms with E-state index in [0.717, 1.165) is 5.56 Å². The Morgan fingerprint density at radius 2 is 2.00 bits per heavy atom. The van der Waals surface area contributed by atoms with Gasteiger partial charge in [0.15, 0.2) is 5.82 Å². The Morgan fingerprint density at radius 3 is 2.74 bits per heavy atom. The lowest BCUT2D eigenvalue weighted by atomic mass is 9.73. The molecule has 1 aliphatic carbocycles. The highest BCUT2D eigenvalue weighted by molar-refractivity contribution is 5.09. The monoisotopic (exact) mass is 323 g/mol. The first-order chi connectivity index (χ1) is 11.0. The Balaban J connectivity index is 1.59. The summed E-state index contributed by atoms with van der Waals surface area (Å²) in [7, 11) is 0. The molecule has 0 bridgehead atoms. The van der Waals surface area contributed by atoms with Crippen molar-refractivity contribution >= 4 is 0 Å². The maximum atomic E-state index is 13.7. The minimum atomic E-state index is -2.66. The number of hydrogen-bond acceptors (Lipinski definition) is 5. The fourth-order valence-electron chi connectivity index (χ4n) is 2.97. The third kappa shape index (κ3) is 3.90. The number of ether oxygens (including phenoxy) is 1. The SMILES string of the molecule is CC1(c2noc(COCc3ccncc3)n2)CCCC(F)(F)C1. The molecule has 1 fully saturated rings. The van der Waals surface area contributed by atoms with E-state index in [-0.39, 0.29) is 19.4 Å². The fraction of sp³-hybridized carbons (Fsp3) is 0.562. The quantitative estimate of drug-likeness (QED) is 0.840. The highest BCUT2D eigenvalue weighted by Crippen LogP contribution is 2.45. The number of hydrogen-bond donors (Lipinski definition) is 0. The summed E-state index contributed by atoms with van der Waals surface area (Å²) in [5.74, 6) is -2.01. The first kappa shape index (κ1) is 16.0. The van der Waals surface area contributed by atoms with Crippen LogP contribution >= 0.6 is 0 Å². The average molecular weight is 323 g/mol. The van der Waals surface area contributed by atoms with Crippen LogP contribution in [0.4, 0.5) is 8.78 Å². The van der Waals surface area contributed by atoms with E-state index in [1.807, 2.05) is 12.1 Å². The summed E-state index contributed by atoms with van der Waals surface area (Å²) < 4.78 is 38.0. The molecule has 0 aromatic carbocycles. The van der Waals surface area contributed by atoms with E-state index in [1.54, 1.807) is 19.3 Å². The normalized spacial score (nSPS) is 23.8. The Kier molecular flexibility index (Phi) is 4.39. The van der Waals surface area contributed by atoms with Gasteiger partial charge in [-0.2, -0.15) is 4.98 Å². The Hall–Kier alpha value is -1.89. The summed E-state index contributed by atoms with van der Waals surface area (Å²) in [6, 6.07) is 3.70. The van der Waals surface area contributed by atoms with Gasteiger partial charge in [0.2, 0.25) is 5.92 Å². The van der Waals surface area contributed by atoms with Crippen LogP contribution in [0.3, 0.4) is 0 Å². The molecule has 0 N–H and O–H groups in total. The van der Waals surface area contributed by atoms with E-state index in [1.165, 1.54) is 0 Å². The second kappa shape index (κ2) is 6.31. The lowest BCUT2D eigenvalue weighted by Gasteiger charge is -2.35. The summed E-state index contributed by atoms with van der Waals surface area (Å²) in [4.78, 5) is 8.18. The third-order valence-corrected chi connectivity index (χ3v) is 4.17. The van der Waals surface area contributed by atoms with Crippen LogP contribution in [0.25, 0.3) is 0 Å². The van der Waals surface area contributed by atoms with Crippen molar-refractivity contribution in [1.82, 2.24) is 15.1 Å². The lowest BCUT2D eigenvalue weighted by molar-refractivity contribution is -0.0600. The van der Waals surface area contributed by atoms with Crippen LogP contribution in [0.2, 0.25) is 0 Å². The minimum absolute atomic E-state index is 0.0671. The smallest absolute Gasteiger partial charge is 0.252 e. The number of aromatic nitrogens is 3. The lowest BCUT2D eigenvalue weighted by Crippen LogP contribution is -2.37. The molecule has 3 rings (SSSR count). The van der Waals surface area contributed by atoms with E-state index in [0.29, 0.717) is 31.2 Å². The molecule has 0 spiro atoms. The topological polar surface area (TPSA) is 61.0 Å². The van der Waals surface area contributed by atoms with Gasteiger partial charge in [-0.15, -0.1) is 0 Å². The number of rotatable bonds is 5. The molecule has 0 aliphatic heterocycles. The second-order valence-electron chi connectivity index (χ2n) is 6.31. The first-order valence-corrected chi connectivity index (χ1v) is 7.64. The van der Waals surface area contributed by atoms with Crippen LogP contribution in [0.5, 0.6) is 0 Å².